The van der Waals surface area contributed by atoms with Crippen molar-refractivity contribution in [2.75, 3.05) is 5.43 Å². The molecule has 0 aliphatic rings. The third-order valence-corrected chi connectivity index (χ3v) is 4.46. The second-order valence-corrected chi connectivity index (χ2v) is 6.33. The van der Waals surface area contributed by atoms with Crippen molar-refractivity contribution < 1.29 is 4.92 Å². The number of nitrogens with zero attached hydrogens (tertiary/aromatic N) is 3. The Labute approximate surface area is 149 Å². The molecule has 0 fully saturated rings. The molecular weight excluding hydrogens is 336 g/mol. The summed E-state index contributed by atoms with van der Waals surface area (Å²) in [6, 6.07) is 15.0. The van der Waals surface area contributed by atoms with Crippen LogP contribution in [0.5, 0.6) is 0 Å². The molecule has 0 unspecified atom stereocenters. The van der Waals surface area contributed by atoms with E-state index in [2.05, 4.69) is 15.5 Å². The van der Waals surface area contributed by atoms with Crippen LogP contribution in [0.3, 0.4) is 0 Å². The summed E-state index contributed by atoms with van der Waals surface area (Å²) in [4.78, 5) is 15.2. The molecule has 25 heavy (non-hydrogen) atoms. The Bertz CT molecular complexity index is 935. The van der Waals surface area contributed by atoms with Gasteiger partial charge in [0.2, 0.25) is 5.13 Å². The molecule has 0 atom stereocenters. The Morgan fingerprint density at radius 3 is 2.72 bits per heavy atom. The minimum absolute atomic E-state index is 0.0904. The highest BCUT2D eigenvalue weighted by atomic mass is 32.1. The van der Waals surface area contributed by atoms with Gasteiger partial charge in [0.1, 0.15) is 0 Å². The van der Waals surface area contributed by atoms with Crippen molar-refractivity contribution in [1.82, 2.24) is 4.98 Å². The van der Waals surface area contributed by atoms with Crippen molar-refractivity contribution in [2.45, 2.75) is 13.8 Å². The van der Waals surface area contributed by atoms with Gasteiger partial charge in [0, 0.05) is 28.1 Å². The molecule has 1 heterocycles. The van der Waals surface area contributed by atoms with Crippen LogP contribution >= 0.6 is 11.3 Å². The predicted octanol–water partition coefficient (Wildman–Crippen LogP) is 4.86. The molecule has 3 aromatic rings. The van der Waals surface area contributed by atoms with Crippen molar-refractivity contribution in [3.8, 4) is 11.3 Å². The number of benzene rings is 2. The molecule has 0 saturated carbocycles. The molecule has 3 rings (SSSR count). The molecule has 1 N–H and O–H groups in total. The summed E-state index contributed by atoms with van der Waals surface area (Å²) in [6.07, 6.45) is 0. The maximum absolute atomic E-state index is 11.1. The summed E-state index contributed by atoms with van der Waals surface area (Å²) in [5, 5.41) is 18.0. The third-order valence-electron chi connectivity index (χ3n) is 3.72. The van der Waals surface area contributed by atoms with Gasteiger partial charge in [-0.1, -0.05) is 42.5 Å². The van der Waals surface area contributed by atoms with Crippen LogP contribution < -0.4 is 5.43 Å². The summed E-state index contributed by atoms with van der Waals surface area (Å²) < 4.78 is 0. The molecule has 126 valence electrons. The Morgan fingerprint density at radius 2 is 2.00 bits per heavy atom. The minimum atomic E-state index is -0.382. The lowest BCUT2D eigenvalue weighted by molar-refractivity contribution is -0.385. The average molecular weight is 352 g/mol. The first kappa shape index (κ1) is 16.8. The lowest BCUT2D eigenvalue weighted by atomic mass is 10.1. The fourth-order valence-electron chi connectivity index (χ4n) is 2.29. The van der Waals surface area contributed by atoms with E-state index in [1.54, 1.807) is 19.9 Å². The first-order chi connectivity index (χ1) is 12.0. The number of rotatable bonds is 5. The van der Waals surface area contributed by atoms with Crippen LogP contribution in [0.1, 0.15) is 18.1 Å². The van der Waals surface area contributed by atoms with E-state index in [4.69, 9.17) is 0 Å². The van der Waals surface area contributed by atoms with Crippen molar-refractivity contribution in [3.05, 3.63) is 75.2 Å². The van der Waals surface area contributed by atoms with Gasteiger partial charge in [-0.05, 0) is 13.8 Å². The van der Waals surface area contributed by atoms with Gasteiger partial charge in [0.05, 0.1) is 16.3 Å². The summed E-state index contributed by atoms with van der Waals surface area (Å²) >= 11 is 1.45. The lowest BCUT2D eigenvalue weighted by Gasteiger charge is -2.03. The highest BCUT2D eigenvalue weighted by Crippen LogP contribution is 2.25. The van der Waals surface area contributed by atoms with Gasteiger partial charge in [-0.3, -0.25) is 15.5 Å². The maximum atomic E-state index is 11.1. The first-order valence-electron chi connectivity index (χ1n) is 7.61. The highest BCUT2D eigenvalue weighted by molar-refractivity contribution is 7.14. The van der Waals surface area contributed by atoms with E-state index >= 15 is 0 Å². The zero-order valence-electron chi connectivity index (χ0n) is 13.8. The summed E-state index contributed by atoms with van der Waals surface area (Å²) in [5.74, 6) is 0. The second kappa shape index (κ2) is 7.23. The second-order valence-electron chi connectivity index (χ2n) is 5.47. The summed E-state index contributed by atoms with van der Waals surface area (Å²) in [7, 11) is 0. The van der Waals surface area contributed by atoms with E-state index in [0.29, 0.717) is 22.0 Å². The van der Waals surface area contributed by atoms with Gasteiger partial charge in [-0.2, -0.15) is 5.10 Å². The van der Waals surface area contributed by atoms with E-state index in [0.717, 1.165) is 11.3 Å². The third kappa shape index (κ3) is 3.89. The number of nitrogens with one attached hydrogen (secondary N) is 1. The van der Waals surface area contributed by atoms with Crippen LogP contribution in [-0.4, -0.2) is 15.6 Å². The molecule has 0 bridgehead atoms. The van der Waals surface area contributed by atoms with Gasteiger partial charge >= 0.3 is 0 Å². The van der Waals surface area contributed by atoms with Crippen LogP contribution in [0, 0.1) is 17.0 Å². The number of nitro groups is 1. The molecule has 6 nitrogen and oxygen atoms in total. The predicted molar refractivity (Wildman–Crippen MR) is 101 cm³/mol. The van der Waals surface area contributed by atoms with Crippen LogP contribution in [-0.2, 0) is 0 Å². The molecule has 2 aromatic carbocycles. The van der Waals surface area contributed by atoms with Gasteiger partial charge in [0.15, 0.2) is 0 Å². The molecule has 7 heteroatoms. The number of thiazole rings is 1. The standard InChI is InChI=1S/C18H16N4O2S/c1-12-8-9-15(10-17(12)22(23)24)13(2)20-21-18-19-16(11-25-18)14-6-4-3-5-7-14/h3-11H,1-2H3,(H,19,21)/b20-13-. The number of aromatic nitrogens is 1. The summed E-state index contributed by atoms with van der Waals surface area (Å²) in [5.41, 5.74) is 6.91. The topological polar surface area (TPSA) is 80.4 Å². The highest BCUT2D eigenvalue weighted by Gasteiger charge is 2.12. The number of hydrogen-bond acceptors (Lipinski definition) is 6. The normalized spacial score (nSPS) is 11.4. The maximum Gasteiger partial charge on any atom is 0.272 e. The van der Waals surface area contributed by atoms with Crippen molar-refractivity contribution in [2.24, 2.45) is 5.10 Å². The van der Waals surface area contributed by atoms with Crippen LogP contribution in [0.2, 0.25) is 0 Å². The number of aryl methyl sites for hydroxylation is 1. The monoisotopic (exact) mass is 352 g/mol. The molecule has 0 amide bonds. The Morgan fingerprint density at radius 1 is 1.24 bits per heavy atom. The van der Waals surface area contributed by atoms with Crippen molar-refractivity contribution >= 4 is 27.9 Å². The fourth-order valence-corrected chi connectivity index (χ4v) is 2.96. The van der Waals surface area contributed by atoms with E-state index in [9.17, 15) is 10.1 Å². The van der Waals surface area contributed by atoms with E-state index in [-0.39, 0.29) is 10.6 Å². The Balaban J connectivity index is 1.77. The number of anilines is 1. The fraction of sp³-hybridized carbons (Fsp3) is 0.111. The van der Waals surface area contributed by atoms with Crippen LogP contribution in [0.4, 0.5) is 10.8 Å². The van der Waals surface area contributed by atoms with E-state index in [1.165, 1.54) is 17.4 Å². The van der Waals surface area contributed by atoms with E-state index < -0.39 is 0 Å². The average Bonchev–Trinajstić information content (AvgIpc) is 3.09. The smallest absolute Gasteiger partial charge is 0.258 e. The Kier molecular flexibility index (Phi) is 4.85. The zero-order valence-corrected chi connectivity index (χ0v) is 14.6. The van der Waals surface area contributed by atoms with Crippen molar-refractivity contribution in [1.29, 1.82) is 0 Å². The van der Waals surface area contributed by atoms with Gasteiger partial charge < -0.3 is 0 Å². The first-order valence-corrected chi connectivity index (χ1v) is 8.49. The molecule has 1 aromatic heterocycles. The SMILES string of the molecule is C/C(=N/Nc1nc(-c2ccccc2)cs1)c1ccc(C)c([N+](=O)[O-])c1. The zero-order chi connectivity index (χ0) is 17.8. The number of hydrazone groups is 1. The number of hydrogen-bond donors (Lipinski definition) is 1. The Hall–Kier alpha value is -3.06. The molecule has 0 saturated heterocycles. The molecular formula is C18H16N4O2S. The molecule has 0 aliphatic carbocycles. The summed E-state index contributed by atoms with van der Waals surface area (Å²) in [6.45, 7) is 3.51. The quantitative estimate of drug-likeness (QED) is 0.404. The van der Waals surface area contributed by atoms with Crippen molar-refractivity contribution in [3.63, 3.8) is 0 Å². The van der Waals surface area contributed by atoms with Gasteiger partial charge in [-0.25, -0.2) is 4.98 Å². The molecule has 0 radical (unpaired) electrons. The largest absolute Gasteiger partial charge is 0.272 e. The van der Waals surface area contributed by atoms with Crippen LogP contribution in [0.15, 0.2) is 59.0 Å². The van der Waals surface area contributed by atoms with Crippen LogP contribution in [0.25, 0.3) is 11.3 Å². The lowest BCUT2D eigenvalue weighted by Crippen LogP contribution is -2.01. The van der Waals surface area contributed by atoms with Gasteiger partial charge in [0.25, 0.3) is 5.69 Å². The van der Waals surface area contributed by atoms with Gasteiger partial charge in [-0.15, -0.1) is 11.3 Å². The van der Waals surface area contributed by atoms with E-state index in [1.807, 2.05) is 41.8 Å². The number of nitro benzene ring substituents is 1. The molecule has 0 spiro atoms. The minimum Gasteiger partial charge on any atom is -0.258 e. The molecule has 0 aliphatic heterocycles.